The molecule has 0 atom stereocenters. The zero-order chi connectivity index (χ0) is 54.0. The molecule has 3 aromatic rings. The fraction of sp³-hybridized carbons (Fsp3) is 0.727. The van der Waals surface area contributed by atoms with Crippen LogP contribution in [0, 0.1) is 0 Å². The van der Waals surface area contributed by atoms with E-state index < -0.39 is 34.6 Å². The number of hydrogen-bond donors (Lipinski definition) is 2. The van der Waals surface area contributed by atoms with Gasteiger partial charge in [-0.3, -0.25) is 19.2 Å². The number of benzene rings is 2. The second-order valence-corrected chi connectivity index (χ2v) is 22.0. The molecule has 0 fully saturated rings. The van der Waals surface area contributed by atoms with E-state index in [2.05, 4.69) is 20.8 Å². The molecule has 0 saturated heterocycles. The number of unbranched alkanes of at least 4 members (excludes halogenated alkanes) is 39. The Bertz CT molecular complexity index is 2020. The van der Waals surface area contributed by atoms with Crippen molar-refractivity contribution in [2.45, 2.75) is 310 Å². The van der Waals surface area contributed by atoms with Crippen LogP contribution in [-0.2, 0) is 9.59 Å². The van der Waals surface area contributed by atoms with Gasteiger partial charge in [0.1, 0.15) is 28.0 Å². The predicted molar refractivity (Wildman–Crippen MR) is 312 cm³/mol. The van der Waals surface area contributed by atoms with Crippen LogP contribution in [0.3, 0.4) is 0 Å². The Kier molecular flexibility index (Phi) is 37.3. The first-order chi connectivity index (χ1) is 36.7. The minimum absolute atomic E-state index is 0.00848. The van der Waals surface area contributed by atoms with E-state index in [9.17, 15) is 29.4 Å². The van der Waals surface area contributed by atoms with Crippen molar-refractivity contribution in [3.63, 3.8) is 0 Å². The van der Waals surface area contributed by atoms with Gasteiger partial charge in [-0.2, -0.15) is 0 Å². The van der Waals surface area contributed by atoms with Crippen molar-refractivity contribution in [3.05, 3.63) is 46.1 Å². The molecular formula is C66H106O9. The van der Waals surface area contributed by atoms with Crippen molar-refractivity contribution in [1.29, 1.82) is 0 Å². The van der Waals surface area contributed by atoms with Crippen LogP contribution in [0.15, 0.2) is 39.5 Å². The molecule has 0 bridgehead atoms. The minimum atomic E-state index is -0.793. The Balaban J connectivity index is 1.71. The fourth-order valence-electron chi connectivity index (χ4n) is 10.4. The number of Topliss-reactive ketones (excluding diaryl/α,β-unsaturated/α-hetero) is 1. The predicted octanol–water partition coefficient (Wildman–Crippen LogP) is 20.5. The SMILES string of the molecule is CCCCCCCCCCCCCCCCC(=O)Oc1c(-c2ccc(O)cc2)oc2cc(O)c(C(=O)CCCCCCCCCCCCCCCC)c(OC(=O)CCCCCCCCCCCCCCCC)c2c1=O. The van der Waals surface area contributed by atoms with Gasteiger partial charge in [0.2, 0.25) is 11.2 Å². The number of ketones is 1. The van der Waals surface area contributed by atoms with E-state index in [0.29, 0.717) is 24.8 Å². The maximum Gasteiger partial charge on any atom is 0.311 e. The number of hydrogen-bond acceptors (Lipinski definition) is 9. The van der Waals surface area contributed by atoms with Gasteiger partial charge in [-0.25, -0.2) is 0 Å². The van der Waals surface area contributed by atoms with Gasteiger partial charge >= 0.3 is 11.9 Å². The second-order valence-electron chi connectivity index (χ2n) is 22.0. The molecule has 0 spiro atoms. The molecule has 424 valence electrons. The third kappa shape index (κ3) is 28.7. The summed E-state index contributed by atoms with van der Waals surface area (Å²) in [7, 11) is 0. The van der Waals surface area contributed by atoms with Crippen molar-refractivity contribution < 1.29 is 38.5 Å². The van der Waals surface area contributed by atoms with Crippen LogP contribution in [0.25, 0.3) is 22.3 Å². The van der Waals surface area contributed by atoms with Crippen molar-refractivity contribution in [2.75, 3.05) is 0 Å². The zero-order valence-electron chi connectivity index (χ0n) is 48.0. The van der Waals surface area contributed by atoms with E-state index in [1.165, 1.54) is 223 Å². The van der Waals surface area contributed by atoms with E-state index in [1.807, 2.05) is 0 Å². The van der Waals surface area contributed by atoms with E-state index >= 15 is 0 Å². The maximum absolute atomic E-state index is 14.8. The lowest BCUT2D eigenvalue weighted by Crippen LogP contribution is -2.19. The first-order valence-corrected chi connectivity index (χ1v) is 31.3. The Labute approximate surface area is 455 Å². The Hall–Kier alpha value is -4.14. The zero-order valence-corrected chi connectivity index (χ0v) is 48.0. The molecule has 0 radical (unpaired) electrons. The van der Waals surface area contributed by atoms with Gasteiger partial charge < -0.3 is 24.1 Å². The smallest absolute Gasteiger partial charge is 0.311 e. The molecule has 1 aromatic heterocycles. The number of phenolic OH excluding ortho intramolecular Hbond substituents is 2. The number of phenols is 2. The standard InChI is InChI=1S/C66H106O9/c1-4-7-10-13-16-19-22-25-28-31-34-37-40-43-46-56(68)61-57(69)53-58-62(65(61)74-59(70)47-44-41-38-35-32-29-26-23-20-17-14-11-8-5-2)63(72)66(64(73-58)54-49-51-55(67)52-50-54)75-60(71)48-45-42-39-36-33-30-27-24-21-18-15-12-9-6-3/h49-53,67,69H,4-48H2,1-3H3. The molecule has 3 rings (SSSR count). The molecule has 75 heavy (non-hydrogen) atoms. The highest BCUT2D eigenvalue weighted by molar-refractivity contribution is 6.08. The van der Waals surface area contributed by atoms with Gasteiger partial charge in [0.05, 0.1) is 0 Å². The number of carbonyl (C=O) groups excluding carboxylic acids is 3. The van der Waals surface area contributed by atoms with Gasteiger partial charge in [0.25, 0.3) is 0 Å². The molecule has 9 nitrogen and oxygen atoms in total. The minimum Gasteiger partial charge on any atom is -0.508 e. The quantitative estimate of drug-likeness (QED) is 0.0245. The van der Waals surface area contributed by atoms with Crippen LogP contribution in [-0.4, -0.2) is 27.9 Å². The Morgan fingerprint density at radius 1 is 0.413 bits per heavy atom. The lowest BCUT2D eigenvalue weighted by Gasteiger charge is -2.16. The van der Waals surface area contributed by atoms with Crippen LogP contribution >= 0.6 is 0 Å². The lowest BCUT2D eigenvalue weighted by molar-refractivity contribution is -0.135. The monoisotopic (exact) mass is 1040 g/mol. The lowest BCUT2D eigenvalue weighted by atomic mass is 9.98. The van der Waals surface area contributed by atoms with Crippen molar-refractivity contribution >= 4 is 28.7 Å². The first-order valence-electron chi connectivity index (χ1n) is 31.3. The normalized spacial score (nSPS) is 11.5. The number of ether oxygens (including phenoxy) is 2. The molecule has 1 heterocycles. The largest absolute Gasteiger partial charge is 0.508 e. The molecule has 0 unspecified atom stereocenters. The molecule has 9 heteroatoms. The summed E-state index contributed by atoms with van der Waals surface area (Å²) in [4.78, 5) is 56.2. The summed E-state index contributed by atoms with van der Waals surface area (Å²) in [6, 6.07) is 7.15. The molecule has 2 N–H and O–H groups in total. The van der Waals surface area contributed by atoms with Gasteiger partial charge in [0, 0.05) is 30.9 Å². The Morgan fingerprint density at radius 3 is 1.07 bits per heavy atom. The third-order valence-electron chi connectivity index (χ3n) is 15.1. The number of aromatic hydroxyl groups is 2. The van der Waals surface area contributed by atoms with Gasteiger partial charge in [-0.1, -0.05) is 271 Å². The van der Waals surface area contributed by atoms with Crippen LogP contribution in [0.4, 0.5) is 0 Å². The summed E-state index contributed by atoms with van der Waals surface area (Å²) in [5, 5.41) is 21.4. The van der Waals surface area contributed by atoms with Gasteiger partial charge in [-0.15, -0.1) is 0 Å². The molecule has 2 aromatic carbocycles. The van der Waals surface area contributed by atoms with Gasteiger partial charge in [-0.05, 0) is 43.5 Å². The molecule has 0 aliphatic carbocycles. The van der Waals surface area contributed by atoms with Crippen LogP contribution in [0.5, 0.6) is 23.0 Å². The van der Waals surface area contributed by atoms with Crippen LogP contribution in [0.1, 0.15) is 320 Å². The molecule has 0 aliphatic rings. The van der Waals surface area contributed by atoms with Crippen molar-refractivity contribution in [3.8, 4) is 34.3 Å². The highest BCUT2D eigenvalue weighted by Gasteiger charge is 2.30. The highest BCUT2D eigenvalue weighted by Crippen LogP contribution is 2.41. The topological polar surface area (TPSA) is 140 Å². The first kappa shape index (κ1) is 65.1. The Morgan fingerprint density at radius 2 is 0.720 bits per heavy atom. The average molecular weight is 1040 g/mol. The molecular weight excluding hydrogens is 937 g/mol. The average Bonchev–Trinajstić information content (AvgIpc) is 3.39. The molecule has 0 amide bonds. The number of esters is 2. The summed E-state index contributed by atoms with van der Waals surface area (Å²) in [5.41, 5.74) is -0.811. The fourth-order valence-corrected chi connectivity index (χ4v) is 10.4. The van der Waals surface area contributed by atoms with Crippen LogP contribution < -0.4 is 14.9 Å². The number of carbonyl (C=O) groups is 3. The summed E-state index contributed by atoms with van der Waals surface area (Å²) < 4.78 is 18.2. The highest BCUT2D eigenvalue weighted by atomic mass is 16.5. The van der Waals surface area contributed by atoms with Gasteiger partial charge in [0.15, 0.2) is 17.3 Å². The molecule has 0 saturated carbocycles. The number of fused-ring (bicyclic) bond motifs is 1. The third-order valence-corrected chi connectivity index (χ3v) is 15.1. The summed E-state index contributed by atoms with van der Waals surface area (Å²) in [5.74, 6) is -2.97. The molecule has 0 aliphatic heterocycles. The van der Waals surface area contributed by atoms with E-state index in [1.54, 1.807) is 0 Å². The summed E-state index contributed by atoms with van der Waals surface area (Å²) in [6.07, 6.45) is 49.7. The van der Waals surface area contributed by atoms with E-state index in [4.69, 9.17) is 13.9 Å². The van der Waals surface area contributed by atoms with Crippen molar-refractivity contribution in [2.24, 2.45) is 0 Å². The number of rotatable bonds is 49. The van der Waals surface area contributed by atoms with E-state index in [-0.39, 0.29) is 53.1 Å². The van der Waals surface area contributed by atoms with E-state index in [0.717, 1.165) is 57.8 Å². The maximum atomic E-state index is 14.8. The second kappa shape index (κ2) is 42.9. The van der Waals surface area contributed by atoms with Crippen molar-refractivity contribution in [1.82, 2.24) is 0 Å². The summed E-state index contributed by atoms with van der Waals surface area (Å²) >= 11 is 0. The summed E-state index contributed by atoms with van der Waals surface area (Å²) in [6.45, 7) is 6.75. The van der Waals surface area contributed by atoms with Crippen LogP contribution in [0.2, 0.25) is 0 Å².